The number of hydrogen-bond acceptors (Lipinski definition) is 8. The van der Waals surface area contributed by atoms with Crippen molar-refractivity contribution in [3.63, 3.8) is 0 Å². The van der Waals surface area contributed by atoms with E-state index in [4.69, 9.17) is 20.6 Å². The molecule has 10 nitrogen and oxygen atoms in total. The monoisotopic (exact) mass is 736 g/mol. The summed E-state index contributed by atoms with van der Waals surface area (Å²) in [6.45, 7) is 3.86. The molecule has 0 radical (unpaired) electrons. The summed E-state index contributed by atoms with van der Waals surface area (Å²) in [6, 6.07) is 51.0. The Morgan fingerprint density at radius 1 is 0.446 bits per heavy atom. The van der Waals surface area contributed by atoms with Gasteiger partial charge in [-0.3, -0.25) is 0 Å². The highest BCUT2D eigenvalue weighted by molar-refractivity contribution is 5.84. The van der Waals surface area contributed by atoms with Crippen molar-refractivity contribution in [3.8, 4) is 22.8 Å². The molecule has 278 valence electrons. The Morgan fingerprint density at radius 3 is 1.30 bits per heavy atom. The number of benzene rings is 6. The van der Waals surface area contributed by atoms with Crippen LogP contribution in [0.3, 0.4) is 0 Å². The van der Waals surface area contributed by atoms with Crippen molar-refractivity contribution in [2.75, 3.05) is 26.2 Å². The van der Waals surface area contributed by atoms with Gasteiger partial charge in [0.2, 0.25) is 11.6 Å². The molecule has 56 heavy (non-hydrogen) atoms. The average Bonchev–Trinajstić information content (AvgIpc) is 3.96. The zero-order valence-corrected chi connectivity index (χ0v) is 31.3. The smallest absolute Gasteiger partial charge is 0.204 e. The standard InChI is InChI=1S/C46H44N10/c1-3-15-35(16-4-1)45-47-51-55(49-45)43(39-25-23-33-13-7-9-19-37(33)29-39)41-21-11-27-53(31-41)54-28-12-22-42(32-54)44(40-26-24-34-14-8-10-20-38(34)30-40)56-50-46(48-52-56)36-17-5-2-6-18-36/h1-10,13-20,23-26,29-30,41-44H,11-12,21-22,27-28,31-32H2/t41-,42+,43?,44?. The number of nitrogens with zero attached hydrogens (tertiary/aromatic N) is 10. The van der Waals surface area contributed by atoms with Gasteiger partial charge in [0.05, 0.1) is 0 Å². The first-order chi connectivity index (χ1) is 27.7. The lowest BCUT2D eigenvalue weighted by Gasteiger charge is -2.46. The maximum absolute atomic E-state index is 5.04. The molecule has 0 aliphatic carbocycles. The Balaban J connectivity index is 0.961. The number of hydrazine groups is 1. The van der Waals surface area contributed by atoms with Crippen molar-refractivity contribution < 1.29 is 0 Å². The fraction of sp³-hybridized carbons (Fsp3) is 0.261. The number of hydrogen-bond donors (Lipinski definition) is 0. The first-order valence-corrected chi connectivity index (χ1v) is 19.9. The van der Waals surface area contributed by atoms with Crippen molar-refractivity contribution in [2.24, 2.45) is 11.8 Å². The lowest BCUT2D eigenvalue weighted by Crippen LogP contribution is -2.53. The maximum Gasteiger partial charge on any atom is 0.204 e. The first kappa shape index (κ1) is 34.4. The topological polar surface area (TPSA) is 93.7 Å². The fourth-order valence-electron chi connectivity index (χ4n) is 9.07. The van der Waals surface area contributed by atoms with Crippen molar-refractivity contribution in [2.45, 2.75) is 37.8 Å². The van der Waals surface area contributed by atoms with Gasteiger partial charge in [0.1, 0.15) is 12.1 Å². The zero-order valence-electron chi connectivity index (χ0n) is 31.3. The molecule has 0 spiro atoms. The third kappa shape index (κ3) is 6.86. The van der Waals surface area contributed by atoms with Crippen LogP contribution in [0.15, 0.2) is 146 Å². The summed E-state index contributed by atoms with van der Waals surface area (Å²) in [6.07, 6.45) is 4.35. The molecule has 8 aromatic rings. The number of rotatable bonds is 9. The summed E-state index contributed by atoms with van der Waals surface area (Å²) in [5.74, 6) is 1.87. The van der Waals surface area contributed by atoms with Crippen LogP contribution in [-0.4, -0.2) is 76.6 Å². The van der Waals surface area contributed by atoms with Crippen LogP contribution in [0.2, 0.25) is 0 Å². The summed E-state index contributed by atoms with van der Waals surface area (Å²) in [4.78, 5) is 3.77. The van der Waals surface area contributed by atoms with Gasteiger partial charge in [-0.2, -0.15) is 9.59 Å². The summed E-state index contributed by atoms with van der Waals surface area (Å²) in [7, 11) is 0. The summed E-state index contributed by atoms with van der Waals surface area (Å²) >= 11 is 0. The molecular weight excluding hydrogens is 693 g/mol. The Hall–Kier alpha value is -6.10. The van der Waals surface area contributed by atoms with Gasteiger partial charge in [0.15, 0.2) is 0 Å². The molecule has 10 heteroatoms. The van der Waals surface area contributed by atoms with Crippen LogP contribution in [0.1, 0.15) is 48.9 Å². The van der Waals surface area contributed by atoms with Crippen molar-refractivity contribution in [1.29, 1.82) is 0 Å². The van der Waals surface area contributed by atoms with Gasteiger partial charge in [-0.05, 0) is 80.9 Å². The number of fused-ring (bicyclic) bond motifs is 2. The van der Waals surface area contributed by atoms with Crippen LogP contribution in [0.25, 0.3) is 44.3 Å². The SMILES string of the molecule is c1ccc(-c2nnn(C(c3ccc4ccccc4c3)[C@@H]3CCCN(N4CCC[C@H](C(c5ccc6ccccc6c5)n5nnc(-c6ccccc6)n5)C4)C3)n2)cc1. The van der Waals surface area contributed by atoms with Crippen molar-refractivity contribution >= 4 is 21.5 Å². The van der Waals surface area contributed by atoms with E-state index in [2.05, 4.69) is 105 Å². The molecule has 0 N–H and O–H groups in total. The molecule has 2 aliphatic rings. The molecule has 2 aliphatic heterocycles. The average molecular weight is 737 g/mol. The van der Waals surface area contributed by atoms with E-state index >= 15 is 0 Å². The van der Waals surface area contributed by atoms with E-state index in [0.717, 1.165) is 63.0 Å². The third-order valence-electron chi connectivity index (χ3n) is 11.8. The van der Waals surface area contributed by atoms with E-state index in [-0.39, 0.29) is 23.9 Å². The molecule has 10 rings (SSSR count). The molecule has 2 saturated heterocycles. The minimum Gasteiger partial charge on any atom is -0.241 e. The number of piperidine rings is 2. The lowest BCUT2D eigenvalue weighted by atomic mass is 9.85. The Labute approximate surface area is 326 Å². The molecular formula is C46H44N10. The molecule has 4 atom stereocenters. The lowest BCUT2D eigenvalue weighted by molar-refractivity contribution is -0.0888. The van der Waals surface area contributed by atoms with E-state index in [9.17, 15) is 0 Å². The van der Waals surface area contributed by atoms with E-state index in [0.29, 0.717) is 11.6 Å². The first-order valence-electron chi connectivity index (χ1n) is 19.9. The highest BCUT2D eigenvalue weighted by atomic mass is 15.6. The van der Waals surface area contributed by atoms with Gasteiger partial charge in [0.25, 0.3) is 0 Å². The van der Waals surface area contributed by atoms with Crippen LogP contribution in [-0.2, 0) is 0 Å². The maximum atomic E-state index is 5.04. The van der Waals surface area contributed by atoms with E-state index < -0.39 is 0 Å². The van der Waals surface area contributed by atoms with Gasteiger partial charge >= 0.3 is 0 Å². The Kier molecular flexibility index (Phi) is 9.34. The molecule has 2 fully saturated rings. The second-order valence-electron chi connectivity index (χ2n) is 15.3. The van der Waals surface area contributed by atoms with Crippen molar-refractivity contribution in [1.82, 2.24) is 50.4 Å². The normalized spacial score (nSPS) is 19.3. The van der Waals surface area contributed by atoms with Crippen LogP contribution in [0.5, 0.6) is 0 Å². The second-order valence-corrected chi connectivity index (χ2v) is 15.3. The Morgan fingerprint density at radius 2 is 0.857 bits per heavy atom. The number of aromatic nitrogens is 8. The highest BCUT2D eigenvalue weighted by Crippen LogP contribution is 2.38. The largest absolute Gasteiger partial charge is 0.241 e. The Bertz CT molecular complexity index is 2390. The summed E-state index contributed by atoms with van der Waals surface area (Å²) in [5, 5.41) is 38.8. The van der Waals surface area contributed by atoms with E-state index in [1.165, 1.54) is 32.7 Å². The van der Waals surface area contributed by atoms with Gasteiger partial charge in [-0.1, -0.05) is 133 Å². The van der Waals surface area contributed by atoms with Crippen LogP contribution in [0, 0.1) is 11.8 Å². The van der Waals surface area contributed by atoms with Crippen LogP contribution in [0.4, 0.5) is 0 Å². The highest BCUT2D eigenvalue weighted by Gasteiger charge is 2.38. The minimum absolute atomic E-state index is 0.0611. The van der Waals surface area contributed by atoms with Gasteiger partial charge in [-0.15, -0.1) is 20.4 Å². The minimum atomic E-state index is -0.0611. The van der Waals surface area contributed by atoms with E-state index in [1.807, 2.05) is 70.3 Å². The number of tetrazole rings is 2. The molecule has 4 heterocycles. The molecule has 2 unspecified atom stereocenters. The van der Waals surface area contributed by atoms with Gasteiger partial charge in [0, 0.05) is 49.1 Å². The van der Waals surface area contributed by atoms with Gasteiger partial charge in [-0.25, -0.2) is 10.0 Å². The predicted octanol–water partition coefficient (Wildman–Crippen LogP) is 8.52. The van der Waals surface area contributed by atoms with Crippen LogP contribution >= 0.6 is 0 Å². The molecule has 6 aromatic carbocycles. The predicted molar refractivity (Wildman–Crippen MR) is 219 cm³/mol. The quantitative estimate of drug-likeness (QED) is 0.146. The molecule has 0 saturated carbocycles. The zero-order chi connectivity index (χ0) is 37.3. The molecule has 0 amide bonds. The fourth-order valence-corrected chi connectivity index (χ4v) is 9.07. The molecule has 0 bridgehead atoms. The summed E-state index contributed by atoms with van der Waals surface area (Å²) in [5.41, 5.74) is 4.37. The van der Waals surface area contributed by atoms with E-state index in [1.54, 1.807) is 0 Å². The second kappa shape index (κ2) is 15.2. The van der Waals surface area contributed by atoms with Crippen LogP contribution < -0.4 is 0 Å². The van der Waals surface area contributed by atoms with Gasteiger partial charge < -0.3 is 0 Å². The third-order valence-corrected chi connectivity index (χ3v) is 11.8. The summed E-state index contributed by atoms with van der Waals surface area (Å²) < 4.78 is 0. The van der Waals surface area contributed by atoms with Crippen molar-refractivity contribution in [3.05, 3.63) is 157 Å². The molecule has 2 aromatic heterocycles.